The summed E-state index contributed by atoms with van der Waals surface area (Å²) in [6.45, 7) is 3.01. The van der Waals surface area contributed by atoms with Crippen LogP contribution in [-0.2, 0) is 11.3 Å². The highest BCUT2D eigenvalue weighted by Gasteiger charge is 2.16. The average molecular weight is 349 g/mol. The smallest absolute Gasteiger partial charge is 0.325 e. The Kier molecular flexibility index (Phi) is 3.54. The van der Waals surface area contributed by atoms with Crippen molar-refractivity contribution in [3.63, 3.8) is 0 Å². The summed E-state index contributed by atoms with van der Waals surface area (Å²) in [6, 6.07) is 7.34. The number of carboxylic acids is 1. The lowest BCUT2D eigenvalue weighted by Gasteiger charge is -2.04. The Morgan fingerprint density at radius 1 is 1.15 bits per heavy atom. The predicted molar refractivity (Wildman–Crippen MR) is 94.1 cm³/mol. The highest BCUT2D eigenvalue weighted by atomic mass is 16.4. The summed E-state index contributed by atoms with van der Waals surface area (Å²) in [5.74, 6) is -1.23. The third kappa shape index (κ3) is 2.61. The van der Waals surface area contributed by atoms with Gasteiger partial charge in [0, 0.05) is 36.3 Å². The molecule has 0 atom stereocenters. The van der Waals surface area contributed by atoms with E-state index in [4.69, 9.17) is 5.11 Å². The number of hydrogen-bond donors (Lipinski definition) is 1. The number of aromatic nitrogens is 5. The van der Waals surface area contributed by atoms with Crippen molar-refractivity contribution >= 4 is 28.3 Å². The molecule has 0 aliphatic carbocycles. The SMILES string of the molecule is CC(=O)c1nn(CC(=O)O)c2ccc(-c3cnc4cc(C)nn4c3)cc12. The molecule has 0 fully saturated rings. The fourth-order valence-electron chi connectivity index (χ4n) is 3.01. The van der Waals surface area contributed by atoms with Gasteiger partial charge in [0.2, 0.25) is 0 Å². The van der Waals surface area contributed by atoms with Crippen LogP contribution in [0.15, 0.2) is 36.7 Å². The average Bonchev–Trinajstić information content (AvgIpc) is 3.13. The molecule has 0 bridgehead atoms. The number of aryl methyl sites for hydroxylation is 1. The number of rotatable bonds is 4. The molecule has 8 nitrogen and oxygen atoms in total. The molecule has 4 rings (SSSR count). The molecule has 0 saturated carbocycles. The van der Waals surface area contributed by atoms with Gasteiger partial charge in [-0.1, -0.05) is 6.07 Å². The third-order valence-electron chi connectivity index (χ3n) is 4.14. The van der Waals surface area contributed by atoms with Crippen LogP contribution in [0, 0.1) is 6.92 Å². The molecule has 3 aromatic heterocycles. The third-order valence-corrected chi connectivity index (χ3v) is 4.14. The van der Waals surface area contributed by atoms with Crippen LogP contribution in [0.1, 0.15) is 23.1 Å². The lowest BCUT2D eigenvalue weighted by atomic mass is 10.0. The normalized spacial score (nSPS) is 11.3. The van der Waals surface area contributed by atoms with E-state index in [0.29, 0.717) is 10.9 Å². The molecule has 3 heterocycles. The molecule has 8 heteroatoms. The van der Waals surface area contributed by atoms with Crippen molar-refractivity contribution in [2.75, 3.05) is 0 Å². The summed E-state index contributed by atoms with van der Waals surface area (Å²) in [6.07, 6.45) is 3.61. The van der Waals surface area contributed by atoms with E-state index in [2.05, 4.69) is 15.2 Å². The molecule has 0 aliphatic rings. The maximum atomic E-state index is 11.9. The predicted octanol–water partition coefficient (Wildman–Crippen LogP) is 2.34. The zero-order valence-corrected chi connectivity index (χ0v) is 14.2. The number of fused-ring (bicyclic) bond motifs is 2. The molecule has 0 radical (unpaired) electrons. The molecule has 26 heavy (non-hydrogen) atoms. The summed E-state index contributed by atoms with van der Waals surface area (Å²) in [5.41, 5.74) is 4.17. The Morgan fingerprint density at radius 3 is 2.69 bits per heavy atom. The van der Waals surface area contributed by atoms with Gasteiger partial charge in [0.1, 0.15) is 12.2 Å². The zero-order valence-electron chi connectivity index (χ0n) is 14.2. The number of carbonyl (C=O) groups is 2. The van der Waals surface area contributed by atoms with Gasteiger partial charge in [0.25, 0.3) is 0 Å². The largest absolute Gasteiger partial charge is 0.480 e. The fraction of sp³-hybridized carbons (Fsp3) is 0.167. The van der Waals surface area contributed by atoms with Gasteiger partial charge < -0.3 is 5.11 Å². The molecular formula is C18H15N5O3. The van der Waals surface area contributed by atoms with Crippen molar-refractivity contribution < 1.29 is 14.7 Å². The van der Waals surface area contributed by atoms with E-state index in [1.807, 2.05) is 31.3 Å². The van der Waals surface area contributed by atoms with Gasteiger partial charge in [0.15, 0.2) is 11.4 Å². The minimum atomic E-state index is -1.02. The van der Waals surface area contributed by atoms with Crippen LogP contribution >= 0.6 is 0 Å². The minimum Gasteiger partial charge on any atom is -0.480 e. The number of ketones is 1. The molecule has 0 amide bonds. The van der Waals surface area contributed by atoms with E-state index in [9.17, 15) is 9.59 Å². The molecule has 1 aromatic carbocycles. The van der Waals surface area contributed by atoms with Crippen LogP contribution in [-0.4, -0.2) is 41.2 Å². The maximum absolute atomic E-state index is 11.9. The van der Waals surface area contributed by atoms with Crippen molar-refractivity contribution in [1.82, 2.24) is 24.4 Å². The minimum absolute atomic E-state index is 0.215. The van der Waals surface area contributed by atoms with Gasteiger partial charge in [-0.05, 0) is 24.6 Å². The number of hydrogen-bond acceptors (Lipinski definition) is 5. The highest BCUT2D eigenvalue weighted by Crippen LogP contribution is 2.27. The number of aliphatic carboxylic acids is 1. The van der Waals surface area contributed by atoms with Crippen LogP contribution in [0.2, 0.25) is 0 Å². The van der Waals surface area contributed by atoms with Crippen LogP contribution in [0.4, 0.5) is 0 Å². The first kappa shape index (κ1) is 15.9. The zero-order chi connectivity index (χ0) is 18.4. The van der Waals surface area contributed by atoms with Gasteiger partial charge in [0.05, 0.1) is 11.2 Å². The monoisotopic (exact) mass is 349 g/mol. The van der Waals surface area contributed by atoms with Gasteiger partial charge in [-0.15, -0.1) is 0 Å². The standard InChI is InChI=1S/C18H15N5O3/c1-10-5-16-19-7-13(8-23(16)20-10)12-3-4-15-14(6-12)18(11(2)24)21-22(15)9-17(25)26/h3-8H,9H2,1-2H3,(H,25,26). The Labute approximate surface area is 147 Å². The van der Waals surface area contributed by atoms with Gasteiger partial charge in [-0.3, -0.25) is 14.3 Å². The van der Waals surface area contributed by atoms with E-state index in [0.717, 1.165) is 22.5 Å². The molecule has 0 saturated heterocycles. The Bertz CT molecular complexity index is 1190. The lowest BCUT2D eigenvalue weighted by molar-refractivity contribution is -0.137. The van der Waals surface area contributed by atoms with Crippen LogP contribution in [0.25, 0.3) is 27.7 Å². The van der Waals surface area contributed by atoms with Crippen molar-refractivity contribution in [1.29, 1.82) is 0 Å². The lowest BCUT2D eigenvalue weighted by Crippen LogP contribution is -2.10. The summed E-state index contributed by atoms with van der Waals surface area (Å²) < 4.78 is 3.03. The summed E-state index contributed by atoms with van der Waals surface area (Å²) in [4.78, 5) is 27.4. The van der Waals surface area contributed by atoms with E-state index in [1.54, 1.807) is 16.8 Å². The van der Waals surface area contributed by atoms with E-state index >= 15 is 0 Å². The summed E-state index contributed by atoms with van der Waals surface area (Å²) >= 11 is 0. The molecule has 130 valence electrons. The fourth-order valence-corrected chi connectivity index (χ4v) is 3.01. The first-order valence-corrected chi connectivity index (χ1v) is 7.98. The quantitative estimate of drug-likeness (QED) is 0.567. The second-order valence-corrected chi connectivity index (χ2v) is 6.12. The highest BCUT2D eigenvalue weighted by molar-refractivity contribution is 6.06. The number of carboxylic acid groups (broad SMARTS) is 1. The van der Waals surface area contributed by atoms with Crippen LogP contribution < -0.4 is 0 Å². The first-order chi connectivity index (χ1) is 12.4. The van der Waals surface area contributed by atoms with E-state index < -0.39 is 5.97 Å². The Balaban J connectivity index is 1.89. The van der Waals surface area contributed by atoms with Gasteiger partial charge in [-0.2, -0.15) is 10.2 Å². The molecular weight excluding hydrogens is 334 g/mol. The molecule has 0 unspecified atom stereocenters. The van der Waals surface area contributed by atoms with E-state index in [-0.39, 0.29) is 18.0 Å². The molecule has 4 aromatic rings. The Morgan fingerprint density at radius 2 is 1.96 bits per heavy atom. The first-order valence-electron chi connectivity index (χ1n) is 7.98. The van der Waals surface area contributed by atoms with Crippen molar-refractivity contribution in [3.8, 4) is 11.1 Å². The van der Waals surface area contributed by atoms with Crippen LogP contribution in [0.5, 0.6) is 0 Å². The van der Waals surface area contributed by atoms with Crippen molar-refractivity contribution in [2.45, 2.75) is 20.4 Å². The second-order valence-electron chi connectivity index (χ2n) is 6.12. The topological polar surface area (TPSA) is 102 Å². The number of Topliss-reactive ketones (excluding diaryl/α,β-unsaturated/α-hetero) is 1. The molecule has 0 aliphatic heterocycles. The second kappa shape index (κ2) is 5.76. The molecule has 0 spiro atoms. The van der Waals surface area contributed by atoms with Gasteiger partial charge in [-0.25, -0.2) is 9.50 Å². The summed E-state index contributed by atoms with van der Waals surface area (Å²) in [7, 11) is 0. The number of carbonyl (C=O) groups excluding carboxylic acids is 1. The van der Waals surface area contributed by atoms with Crippen molar-refractivity contribution in [3.05, 3.63) is 48.0 Å². The number of benzene rings is 1. The Hall–Kier alpha value is -3.55. The molecule has 1 N–H and O–H groups in total. The van der Waals surface area contributed by atoms with Crippen molar-refractivity contribution in [2.24, 2.45) is 0 Å². The van der Waals surface area contributed by atoms with E-state index in [1.165, 1.54) is 11.6 Å². The van der Waals surface area contributed by atoms with Gasteiger partial charge >= 0.3 is 5.97 Å². The van der Waals surface area contributed by atoms with Crippen LogP contribution in [0.3, 0.4) is 0 Å². The number of nitrogens with zero attached hydrogens (tertiary/aromatic N) is 5. The maximum Gasteiger partial charge on any atom is 0.325 e. The summed E-state index contributed by atoms with van der Waals surface area (Å²) in [5, 5.41) is 18.2.